The lowest BCUT2D eigenvalue weighted by molar-refractivity contribution is -0.890. The second-order valence-electron chi connectivity index (χ2n) is 5.20. The van der Waals surface area contributed by atoms with Gasteiger partial charge in [0.15, 0.2) is 0 Å². The Morgan fingerprint density at radius 3 is 2.37 bits per heavy atom. The molecule has 0 aliphatic carbocycles. The van der Waals surface area contributed by atoms with Crippen molar-refractivity contribution in [2.24, 2.45) is 0 Å². The van der Waals surface area contributed by atoms with E-state index in [0.29, 0.717) is 24.0 Å². The largest absolute Gasteiger partial charge is 0.748 e. The van der Waals surface area contributed by atoms with Crippen LogP contribution in [0.25, 0.3) is 0 Å². The molecule has 0 atom stereocenters. The van der Waals surface area contributed by atoms with E-state index in [2.05, 4.69) is 11.9 Å². The average Bonchev–Trinajstić information content (AvgIpc) is 2.25. The van der Waals surface area contributed by atoms with Crippen molar-refractivity contribution < 1.29 is 22.2 Å². The molecule has 0 heterocycles. The van der Waals surface area contributed by atoms with Crippen molar-refractivity contribution in [3.63, 3.8) is 0 Å². The molecule has 0 radical (unpaired) electrons. The fraction of sp³-hybridized carbons (Fsp3) is 0.750. The van der Waals surface area contributed by atoms with Gasteiger partial charge in [-0.25, -0.2) is 8.42 Å². The van der Waals surface area contributed by atoms with E-state index in [1.54, 1.807) is 0 Å². The van der Waals surface area contributed by atoms with Crippen molar-refractivity contribution in [2.75, 3.05) is 39.5 Å². The summed E-state index contributed by atoms with van der Waals surface area (Å²) in [5, 5.41) is 2.70. The quantitative estimate of drug-likeness (QED) is 0.267. The first kappa shape index (κ1) is 18.1. The van der Waals surface area contributed by atoms with E-state index in [9.17, 15) is 17.8 Å². The maximum Gasteiger partial charge on any atom is 0.243 e. The minimum absolute atomic E-state index is 0.172. The molecule has 0 aromatic rings. The maximum atomic E-state index is 10.9. The molecule has 19 heavy (non-hydrogen) atoms. The SMILES string of the molecule is C=CC(=O)NCCCC[N+](C)(C)CCCS(=O)(=O)[O-]. The van der Waals surface area contributed by atoms with E-state index in [1.807, 2.05) is 14.1 Å². The van der Waals surface area contributed by atoms with Gasteiger partial charge in [0, 0.05) is 18.7 Å². The van der Waals surface area contributed by atoms with Crippen LogP contribution in [-0.2, 0) is 14.9 Å². The van der Waals surface area contributed by atoms with Crippen LogP contribution in [0, 0.1) is 0 Å². The molecule has 0 aromatic heterocycles. The zero-order valence-corrected chi connectivity index (χ0v) is 12.5. The van der Waals surface area contributed by atoms with Gasteiger partial charge in [-0.05, 0) is 18.9 Å². The van der Waals surface area contributed by atoms with Crippen LogP contribution < -0.4 is 5.32 Å². The highest BCUT2D eigenvalue weighted by Crippen LogP contribution is 2.04. The van der Waals surface area contributed by atoms with E-state index in [-0.39, 0.29) is 11.7 Å². The number of hydrogen-bond donors (Lipinski definition) is 1. The molecular formula is C12H24N2O4S. The first-order chi connectivity index (χ1) is 8.66. The zero-order valence-electron chi connectivity index (χ0n) is 11.7. The molecule has 1 amide bonds. The van der Waals surface area contributed by atoms with Crippen molar-refractivity contribution in [3.8, 4) is 0 Å². The van der Waals surface area contributed by atoms with Crippen molar-refractivity contribution in [3.05, 3.63) is 12.7 Å². The fourth-order valence-electron chi connectivity index (χ4n) is 1.73. The van der Waals surface area contributed by atoms with Gasteiger partial charge >= 0.3 is 0 Å². The lowest BCUT2D eigenvalue weighted by Crippen LogP contribution is -2.42. The van der Waals surface area contributed by atoms with Gasteiger partial charge in [-0.2, -0.15) is 0 Å². The highest BCUT2D eigenvalue weighted by Gasteiger charge is 2.14. The second kappa shape index (κ2) is 8.29. The maximum absolute atomic E-state index is 10.9. The molecule has 0 unspecified atom stereocenters. The molecular weight excluding hydrogens is 268 g/mol. The van der Waals surface area contributed by atoms with E-state index in [1.165, 1.54) is 6.08 Å². The van der Waals surface area contributed by atoms with E-state index in [0.717, 1.165) is 19.4 Å². The van der Waals surface area contributed by atoms with Gasteiger partial charge in [0.25, 0.3) is 0 Å². The summed E-state index contributed by atoms with van der Waals surface area (Å²) in [4.78, 5) is 10.9. The Labute approximate surface area is 115 Å². The van der Waals surface area contributed by atoms with Crippen LogP contribution >= 0.6 is 0 Å². The predicted octanol–water partition coefficient (Wildman–Crippen LogP) is 0.0805. The van der Waals surface area contributed by atoms with E-state index < -0.39 is 10.1 Å². The molecule has 0 aromatic carbocycles. The summed E-state index contributed by atoms with van der Waals surface area (Å²) >= 11 is 0. The highest BCUT2D eigenvalue weighted by molar-refractivity contribution is 7.85. The van der Waals surface area contributed by atoms with Gasteiger partial charge in [0.05, 0.1) is 37.3 Å². The molecule has 6 nitrogen and oxygen atoms in total. The van der Waals surface area contributed by atoms with Crippen molar-refractivity contribution in [1.82, 2.24) is 5.32 Å². The van der Waals surface area contributed by atoms with Crippen molar-refractivity contribution in [2.45, 2.75) is 19.3 Å². The molecule has 0 aliphatic rings. The smallest absolute Gasteiger partial charge is 0.243 e. The molecule has 7 heteroatoms. The molecule has 0 aliphatic heterocycles. The number of carbonyl (C=O) groups excluding carboxylic acids is 1. The Kier molecular flexibility index (Phi) is 7.89. The summed E-state index contributed by atoms with van der Waals surface area (Å²) in [5.74, 6) is -0.473. The Morgan fingerprint density at radius 2 is 1.84 bits per heavy atom. The number of nitrogens with one attached hydrogen (secondary N) is 1. The standard InChI is InChI=1S/C12H24N2O4S/c1-4-12(15)13-8-5-6-9-14(2,3)10-7-11-19(16,17)18/h4H,1,5-11H2,2-3H3,(H-,13,15,16,17,18). The summed E-state index contributed by atoms with van der Waals surface area (Å²) in [6.07, 6.45) is 3.41. The topological polar surface area (TPSA) is 86.3 Å². The van der Waals surface area contributed by atoms with Crippen LogP contribution in [0.5, 0.6) is 0 Å². The number of rotatable bonds is 10. The monoisotopic (exact) mass is 292 g/mol. The number of carbonyl (C=O) groups is 1. The zero-order chi connectivity index (χ0) is 14.9. The Hall–Kier alpha value is -0.920. The average molecular weight is 292 g/mol. The minimum atomic E-state index is -4.11. The Bertz CT molecular complexity index is 391. The van der Waals surface area contributed by atoms with Crippen LogP contribution in [0.1, 0.15) is 19.3 Å². The number of nitrogens with zero attached hydrogens (tertiary/aromatic N) is 1. The fourth-order valence-corrected chi connectivity index (χ4v) is 2.21. The van der Waals surface area contributed by atoms with Gasteiger partial charge in [-0.1, -0.05) is 6.58 Å². The van der Waals surface area contributed by atoms with Gasteiger partial charge in [-0.15, -0.1) is 0 Å². The lowest BCUT2D eigenvalue weighted by Gasteiger charge is -2.30. The second-order valence-corrected chi connectivity index (χ2v) is 6.72. The first-order valence-electron chi connectivity index (χ1n) is 6.32. The number of unbranched alkanes of at least 4 members (excludes halogenated alkanes) is 1. The summed E-state index contributed by atoms with van der Waals surface area (Å²) < 4.78 is 32.2. The third-order valence-corrected chi connectivity index (χ3v) is 3.62. The summed E-state index contributed by atoms with van der Waals surface area (Å²) in [5.41, 5.74) is 0. The number of hydrogen-bond acceptors (Lipinski definition) is 4. The Balaban J connectivity index is 3.73. The van der Waals surface area contributed by atoms with Gasteiger partial charge in [-0.3, -0.25) is 4.79 Å². The number of amides is 1. The van der Waals surface area contributed by atoms with Crippen LogP contribution in [0.4, 0.5) is 0 Å². The van der Waals surface area contributed by atoms with E-state index >= 15 is 0 Å². The van der Waals surface area contributed by atoms with E-state index in [4.69, 9.17) is 0 Å². The first-order valence-corrected chi connectivity index (χ1v) is 7.90. The molecule has 112 valence electrons. The highest BCUT2D eigenvalue weighted by atomic mass is 32.2. The van der Waals surface area contributed by atoms with Gasteiger partial charge in [0.1, 0.15) is 0 Å². The summed E-state index contributed by atoms with van der Waals surface area (Å²) in [6, 6.07) is 0. The lowest BCUT2D eigenvalue weighted by atomic mass is 10.2. The predicted molar refractivity (Wildman–Crippen MR) is 73.5 cm³/mol. The van der Waals surface area contributed by atoms with Crippen LogP contribution in [-0.4, -0.2) is 62.8 Å². The minimum Gasteiger partial charge on any atom is -0.748 e. The van der Waals surface area contributed by atoms with Gasteiger partial charge in [0.2, 0.25) is 5.91 Å². The normalized spacial score (nSPS) is 12.2. The van der Waals surface area contributed by atoms with Crippen LogP contribution in [0.2, 0.25) is 0 Å². The molecule has 0 spiro atoms. The van der Waals surface area contributed by atoms with Crippen LogP contribution in [0.3, 0.4) is 0 Å². The molecule has 0 bridgehead atoms. The van der Waals surface area contributed by atoms with Gasteiger partial charge < -0.3 is 14.4 Å². The Morgan fingerprint density at radius 1 is 1.26 bits per heavy atom. The third-order valence-electron chi connectivity index (χ3n) is 2.83. The molecule has 1 N–H and O–H groups in total. The summed E-state index contributed by atoms with van der Waals surface area (Å²) in [7, 11) is -0.106. The molecule has 0 saturated heterocycles. The summed E-state index contributed by atoms with van der Waals surface area (Å²) in [6.45, 7) is 5.50. The van der Waals surface area contributed by atoms with Crippen molar-refractivity contribution in [1.29, 1.82) is 0 Å². The van der Waals surface area contributed by atoms with Crippen LogP contribution in [0.15, 0.2) is 12.7 Å². The molecule has 0 fully saturated rings. The van der Waals surface area contributed by atoms with Crippen molar-refractivity contribution >= 4 is 16.0 Å². The third kappa shape index (κ3) is 11.9. The molecule has 0 saturated carbocycles. The number of quaternary nitrogens is 1. The molecule has 0 rings (SSSR count).